The van der Waals surface area contributed by atoms with Crippen LogP contribution in [0, 0.1) is 0 Å². The van der Waals surface area contributed by atoms with Crippen molar-refractivity contribution in [2.24, 2.45) is 0 Å². The molecule has 2 rings (SSSR count). The molecule has 2 heterocycles. The van der Waals surface area contributed by atoms with Gasteiger partial charge < -0.3 is 5.73 Å². The Morgan fingerprint density at radius 2 is 1.88 bits per heavy atom. The molecule has 0 aliphatic rings. The zero-order valence-corrected chi connectivity index (χ0v) is 11.0. The van der Waals surface area contributed by atoms with Gasteiger partial charge in [0.25, 0.3) is 0 Å². The first-order valence-corrected chi connectivity index (χ1v) is 5.82. The highest BCUT2D eigenvalue weighted by Gasteiger charge is 2.23. The molecule has 0 atom stereocenters. The minimum absolute atomic E-state index is 0.119. The predicted molar refractivity (Wildman–Crippen MR) is 68.8 cm³/mol. The Bertz CT molecular complexity index is 548. The number of hydrogen-bond acceptors (Lipinski definition) is 4. The van der Waals surface area contributed by atoms with Gasteiger partial charge in [-0.2, -0.15) is 5.10 Å². The summed E-state index contributed by atoms with van der Waals surface area (Å²) in [5.41, 5.74) is 7.61. The fourth-order valence-corrected chi connectivity index (χ4v) is 1.87. The number of nitrogen functional groups attached to an aromatic ring is 1. The van der Waals surface area contributed by atoms with Crippen molar-refractivity contribution in [3.8, 4) is 0 Å². The largest absolute Gasteiger partial charge is 0.383 e. The van der Waals surface area contributed by atoms with Gasteiger partial charge in [0, 0.05) is 0 Å². The smallest absolute Gasteiger partial charge is 0.164 e. The van der Waals surface area contributed by atoms with Crippen molar-refractivity contribution in [1.82, 2.24) is 19.7 Å². The molecule has 17 heavy (non-hydrogen) atoms. The van der Waals surface area contributed by atoms with E-state index in [1.165, 1.54) is 6.33 Å². The van der Waals surface area contributed by atoms with Gasteiger partial charge in [0.15, 0.2) is 5.65 Å². The topological polar surface area (TPSA) is 69.6 Å². The Balaban J connectivity index is 2.85. The van der Waals surface area contributed by atoms with Crippen LogP contribution >= 0.6 is 0 Å². The van der Waals surface area contributed by atoms with Gasteiger partial charge in [0.2, 0.25) is 0 Å². The van der Waals surface area contributed by atoms with E-state index < -0.39 is 0 Å². The van der Waals surface area contributed by atoms with E-state index in [9.17, 15) is 0 Å². The first kappa shape index (κ1) is 11.8. The van der Waals surface area contributed by atoms with E-state index in [-0.39, 0.29) is 5.54 Å². The van der Waals surface area contributed by atoms with Gasteiger partial charge in [-0.15, -0.1) is 0 Å². The molecular formula is C12H19N5. The van der Waals surface area contributed by atoms with Crippen LogP contribution in [0.4, 0.5) is 5.82 Å². The van der Waals surface area contributed by atoms with Crippen LogP contribution in [0.25, 0.3) is 11.0 Å². The second-order valence-electron chi connectivity index (χ2n) is 5.58. The maximum Gasteiger partial charge on any atom is 0.164 e. The molecule has 0 aliphatic heterocycles. The molecule has 2 N–H and O–H groups in total. The molecule has 0 aliphatic carbocycles. The van der Waals surface area contributed by atoms with Crippen LogP contribution in [0.3, 0.4) is 0 Å². The van der Waals surface area contributed by atoms with Crippen molar-refractivity contribution in [3.63, 3.8) is 0 Å². The van der Waals surface area contributed by atoms with Crippen molar-refractivity contribution in [2.45, 2.75) is 46.1 Å². The van der Waals surface area contributed by atoms with E-state index in [0.717, 1.165) is 16.7 Å². The lowest BCUT2D eigenvalue weighted by Crippen LogP contribution is -2.23. The summed E-state index contributed by atoms with van der Waals surface area (Å²) >= 11 is 0. The highest BCUT2D eigenvalue weighted by atomic mass is 15.3. The number of anilines is 1. The minimum atomic E-state index is -0.119. The molecule has 0 radical (unpaired) electrons. The predicted octanol–water partition coefficient (Wildman–Crippen LogP) is 2.29. The van der Waals surface area contributed by atoms with E-state index in [1.54, 1.807) is 0 Å². The van der Waals surface area contributed by atoms with Crippen molar-refractivity contribution in [2.75, 3.05) is 5.73 Å². The molecule has 0 saturated heterocycles. The van der Waals surface area contributed by atoms with Gasteiger partial charge in [-0.05, 0) is 26.7 Å². The van der Waals surface area contributed by atoms with E-state index in [2.05, 4.69) is 49.7 Å². The van der Waals surface area contributed by atoms with Gasteiger partial charge in [-0.1, -0.05) is 13.8 Å². The Hall–Kier alpha value is -1.65. The van der Waals surface area contributed by atoms with E-state index in [1.807, 2.05) is 4.68 Å². The molecular weight excluding hydrogens is 214 g/mol. The fourth-order valence-electron chi connectivity index (χ4n) is 1.87. The van der Waals surface area contributed by atoms with Crippen LogP contribution < -0.4 is 5.73 Å². The summed E-state index contributed by atoms with van der Waals surface area (Å²) in [7, 11) is 0. The maximum atomic E-state index is 5.95. The van der Waals surface area contributed by atoms with Crippen molar-refractivity contribution in [3.05, 3.63) is 12.0 Å². The minimum Gasteiger partial charge on any atom is -0.383 e. The molecule has 2 aromatic rings. The number of nitrogens with two attached hydrogens (primary N) is 1. The number of nitrogens with zero attached hydrogens (tertiary/aromatic N) is 4. The van der Waals surface area contributed by atoms with Crippen molar-refractivity contribution >= 4 is 16.9 Å². The molecule has 0 saturated carbocycles. The Labute approximate surface area is 101 Å². The maximum absolute atomic E-state index is 5.95. The Morgan fingerprint density at radius 3 is 2.41 bits per heavy atom. The zero-order valence-electron chi connectivity index (χ0n) is 11.0. The van der Waals surface area contributed by atoms with Crippen LogP contribution in [-0.2, 0) is 5.54 Å². The van der Waals surface area contributed by atoms with E-state index >= 15 is 0 Å². The first-order chi connectivity index (χ1) is 7.82. The van der Waals surface area contributed by atoms with Crippen LogP contribution in [-0.4, -0.2) is 19.7 Å². The molecule has 0 aromatic carbocycles. The summed E-state index contributed by atoms with van der Waals surface area (Å²) < 4.78 is 1.93. The first-order valence-electron chi connectivity index (χ1n) is 5.82. The number of hydrogen-bond donors (Lipinski definition) is 1. The lowest BCUT2D eigenvalue weighted by molar-refractivity contribution is 0.362. The van der Waals surface area contributed by atoms with E-state index in [0.29, 0.717) is 11.7 Å². The molecule has 5 heteroatoms. The number of rotatable bonds is 1. The van der Waals surface area contributed by atoms with Gasteiger partial charge >= 0.3 is 0 Å². The second kappa shape index (κ2) is 3.68. The van der Waals surface area contributed by atoms with Crippen molar-refractivity contribution in [1.29, 1.82) is 0 Å². The Kier molecular flexibility index (Phi) is 2.56. The number of aromatic nitrogens is 4. The van der Waals surface area contributed by atoms with Gasteiger partial charge in [-0.25, -0.2) is 14.6 Å². The summed E-state index contributed by atoms with van der Waals surface area (Å²) in [4.78, 5) is 8.38. The highest BCUT2D eigenvalue weighted by Crippen LogP contribution is 2.30. The quantitative estimate of drug-likeness (QED) is 0.820. The third-order valence-corrected chi connectivity index (χ3v) is 2.70. The lowest BCUT2D eigenvalue weighted by Gasteiger charge is -2.19. The monoisotopic (exact) mass is 233 g/mol. The third-order valence-electron chi connectivity index (χ3n) is 2.70. The van der Waals surface area contributed by atoms with Gasteiger partial charge in [0.05, 0.1) is 16.6 Å². The second-order valence-corrected chi connectivity index (χ2v) is 5.58. The van der Waals surface area contributed by atoms with Crippen LogP contribution in [0.5, 0.6) is 0 Å². The number of fused-ring (bicyclic) bond motifs is 1. The summed E-state index contributed by atoms with van der Waals surface area (Å²) in [6, 6.07) is 0. The highest BCUT2D eigenvalue weighted by molar-refractivity contribution is 5.88. The lowest BCUT2D eigenvalue weighted by atomic mass is 10.1. The van der Waals surface area contributed by atoms with E-state index in [4.69, 9.17) is 5.73 Å². The van der Waals surface area contributed by atoms with Crippen molar-refractivity contribution < 1.29 is 0 Å². The van der Waals surface area contributed by atoms with Crippen LogP contribution in [0.1, 0.15) is 46.2 Å². The molecule has 0 unspecified atom stereocenters. The average Bonchev–Trinajstić information content (AvgIpc) is 2.57. The molecule has 92 valence electrons. The average molecular weight is 233 g/mol. The molecule has 0 spiro atoms. The summed E-state index contributed by atoms with van der Waals surface area (Å²) in [5.74, 6) is 0.809. The van der Waals surface area contributed by atoms with Crippen LogP contribution in [0.15, 0.2) is 6.33 Å². The standard InChI is InChI=1S/C12H19N5/c1-7(2)9-8-10(13)14-6-15-11(8)17(16-9)12(3,4)5/h6-7H,1-5H3,(H2,13,14,15). The summed E-state index contributed by atoms with van der Waals surface area (Å²) in [5, 5.41) is 5.54. The molecule has 0 bridgehead atoms. The zero-order chi connectivity index (χ0) is 12.8. The molecule has 0 amide bonds. The molecule has 2 aromatic heterocycles. The van der Waals surface area contributed by atoms with Gasteiger partial charge in [-0.3, -0.25) is 0 Å². The third kappa shape index (κ3) is 1.85. The normalized spacial score (nSPS) is 12.6. The molecule has 5 nitrogen and oxygen atoms in total. The molecule has 0 fully saturated rings. The Morgan fingerprint density at radius 1 is 1.24 bits per heavy atom. The SMILES string of the molecule is CC(C)c1nn(C(C)(C)C)c2ncnc(N)c12. The fraction of sp³-hybridized carbons (Fsp3) is 0.583. The van der Waals surface area contributed by atoms with Gasteiger partial charge in [0.1, 0.15) is 12.1 Å². The van der Waals surface area contributed by atoms with Crippen LogP contribution in [0.2, 0.25) is 0 Å². The summed E-state index contributed by atoms with van der Waals surface area (Å²) in [6.07, 6.45) is 1.49. The summed E-state index contributed by atoms with van der Waals surface area (Å²) in [6.45, 7) is 10.5.